The van der Waals surface area contributed by atoms with Crippen molar-refractivity contribution in [3.05, 3.63) is 87.5 Å². The lowest BCUT2D eigenvalue weighted by atomic mass is 9.62. The van der Waals surface area contributed by atoms with Crippen LogP contribution in [0.1, 0.15) is 79.7 Å². The summed E-state index contributed by atoms with van der Waals surface area (Å²) in [6.45, 7) is 4.81. The van der Waals surface area contributed by atoms with Crippen molar-refractivity contribution >= 4 is 27.6 Å². The van der Waals surface area contributed by atoms with Gasteiger partial charge in [-0.15, -0.1) is 0 Å². The van der Waals surface area contributed by atoms with E-state index in [1.807, 2.05) is 7.11 Å². The molecule has 0 spiro atoms. The Hall–Kier alpha value is -3.81. The highest BCUT2D eigenvalue weighted by atomic mass is 16.5. The highest BCUT2D eigenvalue weighted by Crippen LogP contribution is 2.55. The van der Waals surface area contributed by atoms with Crippen molar-refractivity contribution in [1.82, 2.24) is 19.4 Å². The van der Waals surface area contributed by atoms with Gasteiger partial charge in [0.25, 0.3) is 0 Å². The molecule has 10 rings (SSSR count). The zero-order valence-corrected chi connectivity index (χ0v) is 30.4. The first-order valence-corrected chi connectivity index (χ1v) is 19.0. The van der Waals surface area contributed by atoms with Gasteiger partial charge in [0, 0.05) is 63.9 Å². The molecule has 7 heterocycles. The summed E-state index contributed by atoms with van der Waals surface area (Å²) in [5.41, 5.74) is 14.0. The van der Waals surface area contributed by atoms with Crippen LogP contribution >= 0.6 is 0 Å². The minimum absolute atomic E-state index is 0.153. The van der Waals surface area contributed by atoms with Gasteiger partial charge in [-0.25, -0.2) is 0 Å². The number of fused-ring (bicyclic) bond motifs is 16. The molecule has 4 bridgehead atoms. The Morgan fingerprint density at radius 3 is 2.52 bits per heavy atom. The number of para-hydroxylation sites is 1. The number of methoxy groups -OCH3 is 1. The number of likely N-dealkylation sites (N-methyl/N-ethyl adjacent to an activating group) is 2. The number of piperidine rings is 2. The summed E-state index contributed by atoms with van der Waals surface area (Å²) in [6.07, 6.45) is 9.39. The number of allylic oxidation sites excluding steroid dienone is 3. The standard InChI is InChI=1S/C43H50N4O3/c1-22-11-12-25-28(16-38-41-30(18-36(25)45(38)3)24-9-7-8-10-35(24)44-41)27(22)15-32-40(49-6)14-13-26-31-19-37-34-21-50-20-33(23(2)48)29(34)17-39(46(37)4)43(31)47(5)42(26)32/h7-10,13-14,20,25,28-29,34,36-39,44H,11-12,15-19,21H2,1-6H3. The molecular weight excluding hydrogens is 620 g/mol. The van der Waals surface area contributed by atoms with Crippen molar-refractivity contribution in [2.24, 2.45) is 30.7 Å². The molecule has 4 aromatic rings. The van der Waals surface area contributed by atoms with Gasteiger partial charge in [0.05, 0.1) is 37.6 Å². The molecule has 8 atom stereocenters. The van der Waals surface area contributed by atoms with Crippen LogP contribution < -0.4 is 4.74 Å². The molecule has 0 saturated carbocycles. The molecule has 7 heteroatoms. The van der Waals surface area contributed by atoms with Crippen molar-refractivity contribution in [3.63, 3.8) is 0 Å². The summed E-state index contributed by atoms with van der Waals surface area (Å²) in [4.78, 5) is 21.9. The summed E-state index contributed by atoms with van der Waals surface area (Å²) in [5, 5.41) is 2.80. The number of ether oxygens (including phenoxy) is 2. The van der Waals surface area contributed by atoms with E-state index in [9.17, 15) is 4.79 Å². The molecule has 2 aromatic heterocycles. The smallest absolute Gasteiger partial charge is 0.159 e. The molecule has 1 aliphatic carbocycles. The Morgan fingerprint density at radius 2 is 1.70 bits per heavy atom. The molecule has 5 aliphatic heterocycles. The van der Waals surface area contributed by atoms with Crippen molar-refractivity contribution < 1.29 is 14.3 Å². The average molecular weight is 671 g/mol. The molecule has 6 aliphatic rings. The first kappa shape index (κ1) is 31.0. The Bertz CT molecular complexity index is 2150. The Kier molecular flexibility index (Phi) is 6.87. The number of aromatic amines is 1. The third-order valence-corrected chi connectivity index (χ3v) is 14.6. The number of H-pyrrole nitrogens is 1. The van der Waals surface area contributed by atoms with Gasteiger partial charge in [0.1, 0.15) is 5.75 Å². The van der Waals surface area contributed by atoms with E-state index in [4.69, 9.17) is 9.47 Å². The van der Waals surface area contributed by atoms with E-state index >= 15 is 0 Å². The Balaban J connectivity index is 1.06. The Morgan fingerprint density at radius 1 is 0.940 bits per heavy atom. The fourth-order valence-corrected chi connectivity index (χ4v) is 12.2. The summed E-state index contributed by atoms with van der Waals surface area (Å²) in [6, 6.07) is 15.1. The number of hydrogen-bond donors (Lipinski definition) is 1. The molecule has 7 nitrogen and oxygen atoms in total. The predicted octanol–water partition coefficient (Wildman–Crippen LogP) is 7.59. The minimum Gasteiger partial charge on any atom is -0.500 e. The van der Waals surface area contributed by atoms with Crippen molar-refractivity contribution in [2.75, 3.05) is 27.8 Å². The summed E-state index contributed by atoms with van der Waals surface area (Å²) < 4.78 is 14.7. The normalized spacial score (nSPS) is 31.8. The van der Waals surface area contributed by atoms with Gasteiger partial charge in [-0.2, -0.15) is 0 Å². The second kappa shape index (κ2) is 11.1. The van der Waals surface area contributed by atoms with Crippen LogP contribution in [0.2, 0.25) is 0 Å². The maximum Gasteiger partial charge on any atom is 0.159 e. The quantitative estimate of drug-likeness (QED) is 0.227. The molecule has 0 radical (unpaired) electrons. The number of aromatic nitrogens is 2. The first-order valence-electron chi connectivity index (χ1n) is 19.0. The molecule has 0 amide bonds. The van der Waals surface area contributed by atoms with Crippen LogP contribution in [0.25, 0.3) is 21.8 Å². The number of benzene rings is 2. The third kappa shape index (κ3) is 4.14. The summed E-state index contributed by atoms with van der Waals surface area (Å²) >= 11 is 0. The number of ketones is 1. The van der Waals surface area contributed by atoms with Crippen LogP contribution in [0.3, 0.4) is 0 Å². The van der Waals surface area contributed by atoms with Gasteiger partial charge < -0.3 is 19.0 Å². The molecule has 2 saturated heterocycles. The Labute approximate surface area is 295 Å². The highest BCUT2D eigenvalue weighted by Gasteiger charge is 2.51. The number of aryl methyl sites for hydroxylation is 1. The number of rotatable bonds is 4. The molecule has 50 heavy (non-hydrogen) atoms. The number of carbonyl (C=O) groups excluding carboxylic acids is 1. The number of hydrogen-bond acceptors (Lipinski definition) is 5. The van der Waals surface area contributed by atoms with Gasteiger partial charge in [-0.1, -0.05) is 29.3 Å². The minimum atomic E-state index is 0.153. The van der Waals surface area contributed by atoms with Gasteiger partial charge in [-0.05, 0) is 120 Å². The van der Waals surface area contributed by atoms with Gasteiger partial charge >= 0.3 is 0 Å². The van der Waals surface area contributed by atoms with E-state index in [0.29, 0.717) is 42.5 Å². The lowest BCUT2D eigenvalue weighted by Gasteiger charge is -2.54. The largest absolute Gasteiger partial charge is 0.500 e. The molecule has 260 valence electrons. The average Bonchev–Trinajstić information content (AvgIpc) is 3.61. The SMILES string of the molecule is COc1ccc2c3c(n(C)c2c1CC1=C(C)CCC2C1CC1c4[nH]c5ccccc5c4CC2N1C)C1CC2C(C(C)=O)=COCC2C(C3)N1C. The van der Waals surface area contributed by atoms with Crippen LogP contribution in [0, 0.1) is 23.7 Å². The maximum absolute atomic E-state index is 12.7. The summed E-state index contributed by atoms with van der Waals surface area (Å²) in [7, 11) is 8.81. The van der Waals surface area contributed by atoms with Crippen LogP contribution in [0.5, 0.6) is 5.75 Å². The van der Waals surface area contributed by atoms with Crippen LogP contribution in [-0.4, -0.2) is 65.0 Å². The number of Topliss-reactive ketones (excluding diaryl/α,β-unsaturated/α-hetero) is 1. The van der Waals surface area contributed by atoms with Crippen molar-refractivity contribution in [1.29, 1.82) is 0 Å². The van der Waals surface area contributed by atoms with E-state index in [1.54, 1.807) is 29.9 Å². The second-order valence-electron chi connectivity index (χ2n) is 16.5. The lowest BCUT2D eigenvalue weighted by Crippen LogP contribution is -2.55. The van der Waals surface area contributed by atoms with Gasteiger partial charge in [0.2, 0.25) is 0 Å². The van der Waals surface area contributed by atoms with Crippen LogP contribution in [0.15, 0.2) is 59.4 Å². The van der Waals surface area contributed by atoms with E-state index in [-0.39, 0.29) is 17.7 Å². The molecule has 2 fully saturated rings. The van der Waals surface area contributed by atoms with Crippen LogP contribution in [-0.2, 0) is 35.8 Å². The number of carbonyl (C=O) groups is 1. The first-order chi connectivity index (χ1) is 24.2. The second-order valence-corrected chi connectivity index (χ2v) is 16.5. The fraction of sp³-hybridized carbons (Fsp3) is 0.512. The van der Waals surface area contributed by atoms with E-state index in [0.717, 1.165) is 43.4 Å². The molecule has 1 N–H and O–H groups in total. The van der Waals surface area contributed by atoms with E-state index in [1.165, 1.54) is 57.2 Å². The summed E-state index contributed by atoms with van der Waals surface area (Å²) in [5.74, 6) is 2.96. The van der Waals surface area contributed by atoms with Crippen LogP contribution in [0.4, 0.5) is 0 Å². The monoisotopic (exact) mass is 670 g/mol. The highest BCUT2D eigenvalue weighted by molar-refractivity contribution is 5.94. The maximum atomic E-state index is 12.7. The predicted molar refractivity (Wildman–Crippen MR) is 197 cm³/mol. The van der Waals surface area contributed by atoms with Gasteiger partial charge in [-0.3, -0.25) is 14.6 Å². The van der Waals surface area contributed by atoms with E-state index < -0.39 is 0 Å². The third-order valence-electron chi connectivity index (χ3n) is 14.6. The fourth-order valence-electron chi connectivity index (χ4n) is 12.2. The molecule has 2 aromatic carbocycles. The molecule has 8 unspecified atom stereocenters. The topological polar surface area (TPSA) is 62.7 Å². The number of nitrogens with zero attached hydrogens (tertiary/aromatic N) is 3. The van der Waals surface area contributed by atoms with E-state index in [2.05, 4.69) is 83.8 Å². The molecular formula is C43H50N4O3. The zero-order chi connectivity index (χ0) is 34.2. The zero-order valence-electron chi connectivity index (χ0n) is 30.4. The lowest BCUT2D eigenvalue weighted by molar-refractivity contribution is -0.116. The number of nitrogens with one attached hydrogen (secondary N) is 1. The van der Waals surface area contributed by atoms with Gasteiger partial charge in [0.15, 0.2) is 5.78 Å². The van der Waals surface area contributed by atoms with Crippen molar-refractivity contribution in [3.8, 4) is 5.75 Å². The van der Waals surface area contributed by atoms with Crippen molar-refractivity contribution in [2.45, 2.75) is 83.0 Å².